The van der Waals surface area contributed by atoms with Crippen molar-refractivity contribution >= 4 is 17.4 Å². The molecule has 0 aliphatic heterocycles. The van der Waals surface area contributed by atoms with Gasteiger partial charge in [-0.3, -0.25) is 10.1 Å². The summed E-state index contributed by atoms with van der Waals surface area (Å²) >= 11 is 1.42. The van der Waals surface area contributed by atoms with Gasteiger partial charge >= 0.3 is 0 Å². The minimum atomic E-state index is -0.374. The van der Waals surface area contributed by atoms with Crippen molar-refractivity contribution in [2.45, 2.75) is 10.6 Å². The van der Waals surface area contributed by atoms with Gasteiger partial charge in [-0.2, -0.15) is 5.26 Å². The Bertz CT molecular complexity index is 633. The van der Waals surface area contributed by atoms with Crippen LogP contribution in [0.2, 0.25) is 0 Å². The van der Waals surface area contributed by atoms with Crippen molar-refractivity contribution in [3.05, 3.63) is 69.8 Å². The van der Waals surface area contributed by atoms with Gasteiger partial charge in [0.15, 0.2) is 0 Å². The first kappa shape index (κ1) is 13.1. The molecule has 0 aliphatic rings. The van der Waals surface area contributed by atoms with Crippen LogP contribution in [0, 0.1) is 21.4 Å². The maximum Gasteiger partial charge on any atom is 0.282 e. The normalized spacial score (nSPS) is 9.84. The maximum absolute atomic E-state index is 10.9. The van der Waals surface area contributed by atoms with Crippen LogP contribution in [0.25, 0.3) is 0 Å². The van der Waals surface area contributed by atoms with Crippen LogP contribution in [0.5, 0.6) is 0 Å². The van der Waals surface area contributed by atoms with E-state index in [2.05, 4.69) is 6.07 Å². The van der Waals surface area contributed by atoms with Crippen molar-refractivity contribution in [2.24, 2.45) is 0 Å². The van der Waals surface area contributed by atoms with Crippen molar-refractivity contribution in [2.75, 3.05) is 0 Å². The summed E-state index contributed by atoms with van der Waals surface area (Å²) in [6.45, 7) is 0. The van der Waals surface area contributed by atoms with Gasteiger partial charge in [0, 0.05) is 11.8 Å². The van der Waals surface area contributed by atoms with Crippen LogP contribution in [-0.4, -0.2) is 4.92 Å². The van der Waals surface area contributed by atoms with Crippen molar-refractivity contribution < 1.29 is 4.92 Å². The first-order valence-corrected chi connectivity index (χ1v) is 6.54. The molecule has 0 amide bonds. The fraction of sp³-hybridized carbons (Fsp3) is 0.0714. The molecule has 0 bridgehead atoms. The monoisotopic (exact) mass is 270 g/mol. The molecule has 2 aromatic carbocycles. The number of hydrogen-bond donors (Lipinski definition) is 0. The molecule has 2 aromatic rings. The molecule has 5 heteroatoms. The topological polar surface area (TPSA) is 66.9 Å². The molecular formula is C14H10N2O2S. The minimum absolute atomic E-state index is 0.126. The Balaban J connectivity index is 2.10. The van der Waals surface area contributed by atoms with Gasteiger partial charge < -0.3 is 0 Å². The summed E-state index contributed by atoms with van der Waals surface area (Å²) in [4.78, 5) is 11.1. The third-order valence-corrected chi connectivity index (χ3v) is 3.67. The van der Waals surface area contributed by atoms with E-state index in [1.807, 2.05) is 12.1 Å². The number of benzene rings is 2. The lowest BCUT2D eigenvalue weighted by Crippen LogP contribution is -1.90. The Morgan fingerprint density at radius 3 is 2.47 bits per heavy atom. The first-order chi connectivity index (χ1) is 9.20. The standard InChI is InChI=1S/C14H10N2O2S/c15-9-11-5-7-12(8-6-11)10-19-14-4-2-1-3-13(14)16(17)18/h1-8H,10H2. The van der Waals surface area contributed by atoms with E-state index >= 15 is 0 Å². The second kappa shape index (κ2) is 6.03. The highest BCUT2D eigenvalue weighted by molar-refractivity contribution is 7.98. The highest BCUT2D eigenvalue weighted by Gasteiger charge is 2.12. The van der Waals surface area contributed by atoms with E-state index in [-0.39, 0.29) is 10.6 Å². The van der Waals surface area contributed by atoms with E-state index in [4.69, 9.17) is 5.26 Å². The molecule has 0 heterocycles. The van der Waals surface area contributed by atoms with Gasteiger partial charge in [0.05, 0.1) is 21.5 Å². The van der Waals surface area contributed by atoms with Crippen molar-refractivity contribution in [3.8, 4) is 6.07 Å². The fourth-order valence-electron chi connectivity index (χ4n) is 1.57. The number of nitrogens with zero attached hydrogens (tertiary/aromatic N) is 2. The number of nitriles is 1. The van der Waals surface area contributed by atoms with Gasteiger partial charge in [0.2, 0.25) is 0 Å². The Labute approximate surface area is 114 Å². The third-order valence-electron chi connectivity index (χ3n) is 2.54. The average molecular weight is 270 g/mol. The Hall–Kier alpha value is -2.32. The van der Waals surface area contributed by atoms with Crippen molar-refractivity contribution in [3.63, 3.8) is 0 Å². The van der Waals surface area contributed by atoms with E-state index < -0.39 is 0 Å². The summed E-state index contributed by atoms with van der Waals surface area (Å²) < 4.78 is 0. The lowest BCUT2D eigenvalue weighted by Gasteiger charge is -2.03. The quantitative estimate of drug-likeness (QED) is 0.482. The summed E-state index contributed by atoms with van der Waals surface area (Å²) in [5.74, 6) is 0.635. The minimum Gasteiger partial charge on any atom is -0.258 e. The first-order valence-electron chi connectivity index (χ1n) is 5.56. The van der Waals surface area contributed by atoms with Crippen molar-refractivity contribution in [1.29, 1.82) is 5.26 Å². The summed E-state index contributed by atoms with van der Waals surface area (Å²) in [6.07, 6.45) is 0. The van der Waals surface area contributed by atoms with Gasteiger partial charge in [-0.15, -0.1) is 11.8 Å². The summed E-state index contributed by atoms with van der Waals surface area (Å²) in [5.41, 5.74) is 1.77. The zero-order valence-electron chi connectivity index (χ0n) is 9.95. The molecule has 0 atom stereocenters. The Kier molecular flexibility index (Phi) is 4.16. The SMILES string of the molecule is N#Cc1ccc(CSc2ccccc2[N+](=O)[O-])cc1. The number of nitro groups is 1. The predicted molar refractivity (Wildman–Crippen MR) is 73.8 cm³/mol. The molecule has 0 spiro atoms. The number of thioether (sulfide) groups is 1. The molecule has 2 rings (SSSR count). The summed E-state index contributed by atoms with van der Waals surface area (Å²) in [6, 6.07) is 16.0. The van der Waals surface area contributed by atoms with Crippen LogP contribution >= 0.6 is 11.8 Å². The molecule has 0 aromatic heterocycles. The van der Waals surface area contributed by atoms with E-state index in [0.29, 0.717) is 16.2 Å². The van der Waals surface area contributed by atoms with Gasteiger partial charge in [-0.05, 0) is 23.8 Å². The maximum atomic E-state index is 10.9. The van der Waals surface area contributed by atoms with E-state index in [1.54, 1.807) is 30.3 Å². The van der Waals surface area contributed by atoms with Gasteiger partial charge in [0.1, 0.15) is 0 Å². The molecule has 94 valence electrons. The van der Waals surface area contributed by atoms with E-state index in [9.17, 15) is 10.1 Å². The number of para-hydroxylation sites is 1. The largest absolute Gasteiger partial charge is 0.282 e. The van der Waals surface area contributed by atoms with Crippen molar-refractivity contribution in [1.82, 2.24) is 0 Å². The second-order valence-corrected chi connectivity index (χ2v) is 4.84. The lowest BCUT2D eigenvalue weighted by molar-refractivity contribution is -0.387. The molecule has 0 unspecified atom stereocenters. The molecule has 0 saturated heterocycles. The second-order valence-electron chi connectivity index (χ2n) is 3.82. The van der Waals surface area contributed by atoms with Gasteiger partial charge in [-0.1, -0.05) is 24.3 Å². The highest BCUT2D eigenvalue weighted by atomic mass is 32.2. The van der Waals surface area contributed by atoms with Gasteiger partial charge in [-0.25, -0.2) is 0 Å². The lowest BCUT2D eigenvalue weighted by atomic mass is 10.2. The Morgan fingerprint density at radius 2 is 1.84 bits per heavy atom. The van der Waals surface area contributed by atoms with E-state index in [0.717, 1.165) is 5.56 Å². The molecular weight excluding hydrogens is 260 g/mol. The van der Waals surface area contributed by atoms with E-state index in [1.165, 1.54) is 17.8 Å². The number of rotatable bonds is 4. The summed E-state index contributed by atoms with van der Waals surface area (Å²) in [5, 5.41) is 19.6. The molecule has 4 nitrogen and oxygen atoms in total. The number of hydrogen-bond acceptors (Lipinski definition) is 4. The average Bonchev–Trinajstić information content (AvgIpc) is 2.46. The fourth-order valence-corrected chi connectivity index (χ4v) is 2.55. The van der Waals surface area contributed by atoms with Crippen LogP contribution in [-0.2, 0) is 5.75 Å². The zero-order chi connectivity index (χ0) is 13.7. The molecule has 19 heavy (non-hydrogen) atoms. The molecule has 0 N–H and O–H groups in total. The van der Waals surface area contributed by atoms with Crippen LogP contribution in [0.1, 0.15) is 11.1 Å². The van der Waals surface area contributed by atoms with Crippen LogP contribution in [0.3, 0.4) is 0 Å². The molecule has 0 saturated carbocycles. The van der Waals surface area contributed by atoms with Crippen LogP contribution in [0.15, 0.2) is 53.4 Å². The smallest absolute Gasteiger partial charge is 0.258 e. The predicted octanol–water partition coefficient (Wildman–Crippen LogP) is 3.76. The van der Waals surface area contributed by atoms with Crippen LogP contribution in [0.4, 0.5) is 5.69 Å². The molecule has 0 aliphatic carbocycles. The Morgan fingerprint density at radius 1 is 1.16 bits per heavy atom. The van der Waals surface area contributed by atoms with Crippen LogP contribution < -0.4 is 0 Å². The third kappa shape index (κ3) is 3.33. The summed E-state index contributed by atoms with van der Waals surface area (Å²) in [7, 11) is 0. The number of nitro benzene ring substituents is 1. The molecule has 0 fully saturated rings. The highest BCUT2D eigenvalue weighted by Crippen LogP contribution is 2.31. The zero-order valence-corrected chi connectivity index (χ0v) is 10.8. The molecule has 0 radical (unpaired) electrons. The van der Waals surface area contributed by atoms with Gasteiger partial charge in [0.25, 0.3) is 5.69 Å².